The number of aromatic nitrogens is 1. The molecule has 0 saturated heterocycles. The van der Waals surface area contributed by atoms with E-state index >= 15 is 0 Å². The second-order valence-electron chi connectivity index (χ2n) is 5.68. The Hall–Kier alpha value is -1.29. The molecule has 1 heterocycles. The standard InChI is InChI=1S/C16H26N2O2/c1-4-15(20-14-7-5-6-8-14)16(19)17-11-13-10-9-12(2)18(13)3/h9-10,14-15H,4-8,11H2,1-3H3,(H,17,19)/t15-/m0/s1. The minimum atomic E-state index is -0.306. The summed E-state index contributed by atoms with van der Waals surface area (Å²) in [5.74, 6) is 0.0123. The summed E-state index contributed by atoms with van der Waals surface area (Å²) in [4.78, 5) is 12.2. The first-order chi connectivity index (χ1) is 9.61. The smallest absolute Gasteiger partial charge is 0.249 e. The summed E-state index contributed by atoms with van der Waals surface area (Å²) in [5.41, 5.74) is 2.31. The lowest BCUT2D eigenvalue weighted by molar-refractivity contribution is -0.137. The zero-order valence-electron chi connectivity index (χ0n) is 12.8. The van der Waals surface area contributed by atoms with Gasteiger partial charge in [-0.25, -0.2) is 0 Å². The predicted molar refractivity (Wildman–Crippen MR) is 79.4 cm³/mol. The minimum absolute atomic E-state index is 0.0123. The molecule has 1 aliphatic rings. The van der Waals surface area contributed by atoms with Gasteiger partial charge >= 0.3 is 0 Å². The van der Waals surface area contributed by atoms with Crippen molar-refractivity contribution < 1.29 is 9.53 Å². The summed E-state index contributed by atoms with van der Waals surface area (Å²) in [7, 11) is 2.02. The van der Waals surface area contributed by atoms with Crippen LogP contribution in [-0.2, 0) is 23.1 Å². The fourth-order valence-corrected chi connectivity index (χ4v) is 2.74. The fourth-order valence-electron chi connectivity index (χ4n) is 2.74. The van der Waals surface area contributed by atoms with Crippen LogP contribution in [0.25, 0.3) is 0 Å². The number of nitrogens with zero attached hydrogens (tertiary/aromatic N) is 1. The molecule has 20 heavy (non-hydrogen) atoms. The molecular formula is C16H26N2O2. The minimum Gasteiger partial charge on any atom is -0.365 e. The molecule has 0 aliphatic heterocycles. The Bertz CT molecular complexity index is 447. The van der Waals surface area contributed by atoms with Crippen molar-refractivity contribution in [2.45, 2.75) is 64.7 Å². The van der Waals surface area contributed by atoms with Gasteiger partial charge < -0.3 is 14.6 Å². The van der Waals surface area contributed by atoms with Gasteiger partial charge in [-0.15, -0.1) is 0 Å². The maximum atomic E-state index is 12.2. The Morgan fingerprint density at radius 2 is 2.15 bits per heavy atom. The molecule has 1 aromatic rings. The van der Waals surface area contributed by atoms with Crippen molar-refractivity contribution in [3.8, 4) is 0 Å². The van der Waals surface area contributed by atoms with Crippen LogP contribution in [0.15, 0.2) is 12.1 Å². The van der Waals surface area contributed by atoms with Crippen molar-refractivity contribution in [2.24, 2.45) is 7.05 Å². The van der Waals surface area contributed by atoms with Crippen molar-refractivity contribution in [2.75, 3.05) is 0 Å². The van der Waals surface area contributed by atoms with Crippen LogP contribution in [-0.4, -0.2) is 22.7 Å². The number of ether oxygens (including phenoxy) is 1. The molecule has 0 radical (unpaired) electrons. The van der Waals surface area contributed by atoms with E-state index in [1.165, 1.54) is 18.5 Å². The normalized spacial score (nSPS) is 17.4. The molecule has 4 nitrogen and oxygen atoms in total. The number of hydrogen-bond acceptors (Lipinski definition) is 2. The molecule has 1 aliphatic carbocycles. The Balaban J connectivity index is 1.84. The third-order valence-corrected chi connectivity index (χ3v) is 4.24. The zero-order chi connectivity index (χ0) is 14.5. The van der Waals surface area contributed by atoms with Crippen LogP contribution >= 0.6 is 0 Å². The van der Waals surface area contributed by atoms with Gasteiger partial charge in [0.15, 0.2) is 0 Å². The Kier molecular flexibility index (Phi) is 5.24. The van der Waals surface area contributed by atoms with Crippen molar-refractivity contribution in [3.63, 3.8) is 0 Å². The first-order valence-electron chi connectivity index (χ1n) is 7.66. The maximum absolute atomic E-state index is 12.2. The number of nitrogens with one attached hydrogen (secondary N) is 1. The lowest BCUT2D eigenvalue weighted by atomic mass is 10.2. The van der Waals surface area contributed by atoms with Gasteiger partial charge in [-0.3, -0.25) is 4.79 Å². The van der Waals surface area contributed by atoms with Gasteiger partial charge in [-0.2, -0.15) is 0 Å². The van der Waals surface area contributed by atoms with Crippen molar-refractivity contribution in [1.82, 2.24) is 9.88 Å². The molecule has 1 fully saturated rings. The van der Waals surface area contributed by atoms with Crippen molar-refractivity contribution >= 4 is 5.91 Å². The van der Waals surface area contributed by atoms with E-state index in [0.29, 0.717) is 6.54 Å². The summed E-state index contributed by atoms with van der Waals surface area (Å²) in [6.07, 6.45) is 5.36. The molecule has 0 unspecified atom stereocenters. The maximum Gasteiger partial charge on any atom is 0.249 e. The summed E-state index contributed by atoms with van der Waals surface area (Å²) in [6, 6.07) is 4.11. The monoisotopic (exact) mass is 278 g/mol. The molecule has 2 rings (SSSR count). The first-order valence-corrected chi connectivity index (χ1v) is 7.66. The van der Waals surface area contributed by atoms with Crippen LogP contribution < -0.4 is 5.32 Å². The third kappa shape index (κ3) is 3.63. The molecule has 1 atom stereocenters. The zero-order valence-corrected chi connectivity index (χ0v) is 12.8. The molecule has 0 spiro atoms. The molecule has 0 bridgehead atoms. The lowest BCUT2D eigenvalue weighted by Gasteiger charge is -2.20. The second kappa shape index (κ2) is 6.93. The van der Waals surface area contributed by atoms with Crippen LogP contribution in [0.2, 0.25) is 0 Å². The highest BCUT2D eigenvalue weighted by Crippen LogP contribution is 2.23. The third-order valence-electron chi connectivity index (χ3n) is 4.24. The van der Waals surface area contributed by atoms with Gasteiger partial charge in [0.05, 0.1) is 12.6 Å². The van der Waals surface area contributed by atoms with E-state index in [0.717, 1.165) is 25.0 Å². The van der Waals surface area contributed by atoms with Gasteiger partial charge in [0.25, 0.3) is 0 Å². The summed E-state index contributed by atoms with van der Waals surface area (Å²) in [6.45, 7) is 4.63. The quantitative estimate of drug-likeness (QED) is 0.869. The average molecular weight is 278 g/mol. The predicted octanol–water partition coefficient (Wildman–Crippen LogP) is 2.69. The van der Waals surface area contributed by atoms with Crippen molar-refractivity contribution in [3.05, 3.63) is 23.5 Å². The summed E-state index contributed by atoms with van der Waals surface area (Å²) < 4.78 is 8.02. The van der Waals surface area contributed by atoms with Gasteiger partial charge in [0.1, 0.15) is 6.10 Å². The van der Waals surface area contributed by atoms with Crippen molar-refractivity contribution in [1.29, 1.82) is 0 Å². The molecule has 0 aromatic carbocycles. The fraction of sp³-hybridized carbons (Fsp3) is 0.688. The van der Waals surface area contributed by atoms with Gasteiger partial charge in [0.2, 0.25) is 5.91 Å². The van der Waals surface area contributed by atoms with Gasteiger partial charge in [0, 0.05) is 18.4 Å². The van der Waals surface area contributed by atoms with Crippen LogP contribution in [0, 0.1) is 6.92 Å². The highest BCUT2D eigenvalue weighted by Gasteiger charge is 2.24. The van der Waals surface area contributed by atoms with E-state index in [4.69, 9.17) is 4.74 Å². The Morgan fingerprint density at radius 3 is 2.70 bits per heavy atom. The molecular weight excluding hydrogens is 252 g/mol. The largest absolute Gasteiger partial charge is 0.365 e. The summed E-state index contributed by atoms with van der Waals surface area (Å²) in [5, 5.41) is 2.99. The van der Waals surface area contributed by atoms with E-state index in [9.17, 15) is 4.79 Å². The Labute approximate surface area is 121 Å². The van der Waals surface area contributed by atoms with Crippen LogP contribution in [0.5, 0.6) is 0 Å². The first kappa shape index (κ1) is 15.1. The molecule has 1 aromatic heterocycles. The van der Waals surface area contributed by atoms with Crippen LogP contribution in [0.1, 0.15) is 50.4 Å². The molecule has 1 saturated carbocycles. The molecule has 4 heteroatoms. The molecule has 1 N–H and O–H groups in total. The topological polar surface area (TPSA) is 43.3 Å². The summed E-state index contributed by atoms with van der Waals surface area (Å²) >= 11 is 0. The second-order valence-corrected chi connectivity index (χ2v) is 5.68. The van der Waals surface area contributed by atoms with E-state index < -0.39 is 0 Å². The number of amides is 1. The highest BCUT2D eigenvalue weighted by molar-refractivity contribution is 5.80. The van der Waals surface area contributed by atoms with E-state index in [2.05, 4.69) is 22.9 Å². The molecule has 112 valence electrons. The Morgan fingerprint density at radius 1 is 1.45 bits per heavy atom. The van der Waals surface area contributed by atoms with E-state index in [-0.39, 0.29) is 18.1 Å². The lowest BCUT2D eigenvalue weighted by Crippen LogP contribution is -2.37. The average Bonchev–Trinajstić information content (AvgIpc) is 3.06. The highest BCUT2D eigenvalue weighted by atomic mass is 16.5. The number of aryl methyl sites for hydroxylation is 1. The number of carbonyl (C=O) groups is 1. The number of hydrogen-bond donors (Lipinski definition) is 1. The number of carbonyl (C=O) groups excluding carboxylic acids is 1. The van der Waals surface area contributed by atoms with Gasteiger partial charge in [-0.1, -0.05) is 19.8 Å². The van der Waals surface area contributed by atoms with E-state index in [1.807, 2.05) is 20.0 Å². The van der Waals surface area contributed by atoms with Gasteiger partial charge in [-0.05, 0) is 38.3 Å². The number of rotatable bonds is 6. The SMILES string of the molecule is CC[C@H](OC1CCCC1)C(=O)NCc1ccc(C)n1C. The van der Waals surface area contributed by atoms with E-state index in [1.54, 1.807) is 0 Å². The van der Waals surface area contributed by atoms with Crippen LogP contribution in [0.3, 0.4) is 0 Å². The van der Waals surface area contributed by atoms with Crippen LogP contribution in [0.4, 0.5) is 0 Å². The molecule has 1 amide bonds.